The molecule has 1 unspecified atom stereocenters. The van der Waals surface area contributed by atoms with Crippen molar-refractivity contribution in [2.75, 3.05) is 6.54 Å². The molecule has 6 heteroatoms. The first-order valence-electron chi connectivity index (χ1n) is 12.6. The van der Waals surface area contributed by atoms with Crippen molar-refractivity contribution in [2.45, 2.75) is 95.7 Å². The molecule has 1 aliphatic carbocycles. The van der Waals surface area contributed by atoms with Crippen molar-refractivity contribution in [3.05, 3.63) is 34.9 Å². The minimum atomic E-state index is -0.587. The van der Waals surface area contributed by atoms with E-state index in [1.807, 2.05) is 12.1 Å². The van der Waals surface area contributed by atoms with E-state index in [2.05, 4.69) is 22.5 Å². The Kier molecular flexibility index (Phi) is 8.17. The minimum Gasteiger partial charge on any atom is -0.322 e. The highest BCUT2D eigenvalue weighted by Gasteiger charge is 2.39. The Labute approximate surface area is 196 Å². The van der Waals surface area contributed by atoms with Crippen molar-refractivity contribution in [1.29, 1.82) is 0 Å². The van der Waals surface area contributed by atoms with Gasteiger partial charge in [0.2, 0.25) is 11.8 Å². The molecule has 2 aliphatic heterocycles. The fraction of sp³-hybridized carbons (Fsp3) is 0.593. The highest BCUT2D eigenvalue weighted by Crippen LogP contribution is 2.29. The lowest BCUT2D eigenvalue weighted by atomic mass is 9.95. The Hall–Kier alpha value is -2.65. The summed E-state index contributed by atoms with van der Waals surface area (Å²) in [4.78, 5) is 38.1. The minimum absolute atomic E-state index is 0.148. The normalized spacial score (nSPS) is 20.9. The van der Waals surface area contributed by atoms with Crippen molar-refractivity contribution in [3.63, 3.8) is 0 Å². The number of nitrogens with zero attached hydrogens (tertiary/aromatic N) is 1. The van der Waals surface area contributed by atoms with Crippen molar-refractivity contribution >= 4 is 17.7 Å². The molecular formula is C27H35N3O3. The van der Waals surface area contributed by atoms with Crippen molar-refractivity contribution in [1.82, 2.24) is 15.5 Å². The molecule has 1 aromatic carbocycles. The molecule has 0 radical (unpaired) electrons. The summed E-state index contributed by atoms with van der Waals surface area (Å²) in [6, 6.07) is 5.76. The lowest BCUT2D eigenvalue weighted by molar-refractivity contribution is -0.136. The molecule has 2 heterocycles. The van der Waals surface area contributed by atoms with E-state index in [9.17, 15) is 14.4 Å². The van der Waals surface area contributed by atoms with Crippen LogP contribution in [0.4, 0.5) is 0 Å². The summed E-state index contributed by atoms with van der Waals surface area (Å²) in [7, 11) is 0. The summed E-state index contributed by atoms with van der Waals surface area (Å²) in [6.45, 7) is 1.50. The zero-order chi connectivity index (χ0) is 23.0. The lowest BCUT2D eigenvalue weighted by Gasteiger charge is -2.29. The van der Waals surface area contributed by atoms with E-state index in [4.69, 9.17) is 0 Å². The van der Waals surface area contributed by atoms with Crippen molar-refractivity contribution in [3.8, 4) is 11.8 Å². The molecule has 33 heavy (non-hydrogen) atoms. The summed E-state index contributed by atoms with van der Waals surface area (Å²) in [5.74, 6) is 5.74. The van der Waals surface area contributed by atoms with Gasteiger partial charge in [0.05, 0.1) is 0 Å². The average Bonchev–Trinajstić information content (AvgIpc) is 3.15. The van der Waals surface area contributed by atoms with Crippen LogP contribution in [0.25, 0.3) is 0 Å². The number of carbonyl (C=O) groups excluding carboxylic acids is 3. The smallest absolute Gasteiger partial charge is 0.255 e. The van der Waals surface area contributed by atoms with Gasteiger partial charge in [0.1, 0.15) is 6.04 Å². The Morgan fingerprint density at radius 1 is 1.00 bits per heavy atom. The van der Waals surface area contributed by atoms with Gasteiger partial charge in [0.25, 0.3) is 5.91 Å². The number of rotatable bonds is 8. The third kappa shape index (κ3) is 6.03. The predicted molar refractivity (Wildman–Crippen MR) is 127 cm³/mol. The third-order valence-electron chi connectivity index (χ3n) is 7.07. The molecule has 1 aromatic rings. The van der Waals surface area contributed by atoms with E-state index in [1.165, 1.54) is 51.4 Å². The molecule has 1 saturated carbocycles. The molecule has 3 aliphatic rings. The van der Waals surface area contributed by atoms with E-state index in [-0.39, 0.29) is 24.1 Å². The molecule has 176 valence electrons. The van der Waals surface area contributed by atoms with Gasteiger partial charge in [-0.05, 0) is 56.3 Å². The number of carbonyl (C=O) groups is 3. The van der Waals surface area contributed by atoms with Crippen LogP contribution in [0.3, 0.4) is 0 Å². The summed E-state index contributed by atoms with van der Waals surface area (Å²) < 4.78 is 0. The fourth-order valence-electron chi connectivity index (χ4n) is 5.17. The van der Waals surface area contributed by atoms with Crippen LogP contribution in [0.5, 0.6) is 0 Å². The molecule has 2 fully saturated rings. The summed E-state index contributed by atoms with van der Waals surface area (Å²) in [6.07, 6.45) is 13.1. The van der Waals surface area contributed by atoms with Gasteiger partial charge in [0, 0.05) is 36.6 Å². The molecule has 1 atom stereocenters. The van der Waals surface area contributed by atoms with Crippen LogP contribution in [-0.4, -0.2) is 41.2 Å². The van der Waals surface area contributed by atoms with Crippen LogP contribution in [-0.2, 0) is 16.1 Å². The topological polar surface area (TPSA) is 78.5 Å². The van der Waals surface area contributed by atoms with Crippen LogP contribution < -0.4 is 10.6 Å². The Balaban J connectivity index is 1.21. The maximum absolute atomic E-state index is 12.9. The van der Waals surface area contributed by atoms with Gasteiger partial charge in [-0.2, -0.15) is 0 Å². The van der Waals surface area contributed by atoms with Crippen LogP contribution in [0.15, 0.2) is 18.2 Å². The second-order valence-electron chi connectivity index (χ2n) is 9.49. The number of nitrogens with one attached hydrogen (secondary N) is 2. The number of hydrogen-bond donors (Lipinski definition) is 2. The van der Waals surface area contributed by atoms with Crippen LogP contribution >= 0.6 is 0 Å². The number of hydrogen-bond acceptors (Lipinski definition) is 4. The van der Waals surface area contributed by atoms with E-state index in [0.717, 1.165) is 36.6 Å². The molecule has 2 N–H and O–H groups in total. The van der Waals surface area contributed by atoms with Gasteiger partial charge in [-0.3, -0.25) is 19.7 Å². The van der Waals surface area contributed by atoms with Crippen LogP contribution in [0.1, 0.15) is 98.5 Å². The second kappa shape index (κ2) is 11.5. The maximum Gasteiger partial charge on any atom is 0.255 e. The summed E-state index contributed by atoms with van der Waals surface area (Å²) >= 11 is 0. The van der Waals surface area contributed by atoms with E-state index in [1.54, 1.807) is 11.0 Å². The number of benzene rings is 1. The van der Waals surface area contributed by atoms with E-state index >= 15 is 0 Å². The number of piperidine rings is 1. The molecule has 0 aromatic heterocycles. The summed E-state index contributed by atoms with van der Waals surface area (Å²) in [5.41, 5.74) is 2.39. The monoisotopic (exact) mass is 449 g/mol. The maximum atomic E-state index is 12.9. The molecule has 1 saturated heterocycles. The number of amides is 3. The molecule has 4 rings (SSSR count). The van der Waals surface area contributed by atoms with Gasteiger partial charge >= 0.3 is 0 Å². The first kappa shape index (κ1) is 23.5. The second-order valence-corrected chi connectivity index (χ2v) is 9.49. The first-order valence-corrected chi connectivity index (χ1v) is 12.6. The third-order valence-corrected chi connectivity index (χ3v) is 7.07. The fourth-order valence-corrected chi connectivity index (χ4v) is 5.17. The van der Waals surface area contributed by atoms with Gasteiger partial charge in [-0.1, -0.05) is 50.0 Å². The van der Waals surface area contributed by atoms with E-state index in [0.29, 0.717) is 18.5 Å². The van der Waals surface area contributed by atoms with E-state index < -0.39 is 6.04 Å². The largest absolute Gasteiger partial charge is 0.322 e. The average molecular weight is 450 g/mol. The molecule has 3 amide bonds. The zero-order valence-corrected chi connectivity index (χ0v) is 19.5. The zero-order valence-electron chi connectivity index (χ0n) is 19.5. The molecule has 0 spiro atoms. The molecule has 6 nitrogen and oxygen atoms in total. The van der Waals surface area contributed by atoms with Gasteiger partial charge in [0.15, 0.2) is 0 Å². The van der Waals surface area contributed by atoms with Gasteiger partial charge in [-0.15, -0.1) is 0 Å². The van der Waals surface area contributed by atoms with Crippen molar-refractivity contribution in [2.24, 2.45) is 0 Å². The van der Waals surface area contributed by atoms with Crippen LogP contribution in [0.2, 0.25) is 0 Å². The quantitative estimate of drug-likeness (QED) is 0.361. The summed E-state index contributed by atoms with van der Waals surface area (Å²) in [5, 5.41) is 6.05. The van der Waals surface area contributed by atoms with Crippen molar-refractivity contribution < 1.29 is 14.4 Å². The molecule has 0 bridgehead atoms. The van der Waals surface area contributed by atoms with Gasteiger partial charge in [-0.25, -0.2) is 0 Å². The van der Waals surface area contributed by atoms with Gasteiger partial charge < -0.3 is 10.2 Å². The number of imide groups is 1. The highest BCUT2D eigenvalue weighted by atomic mass is 16.2. The van der Waals surface area contributed by atoms with Crippen LogP contribution in [0, 0.1) is 11.8 Å². The lowest BCUT2D eigenvalue weighted by Crippen LogP contribution is -2.52. The first-order chi connectivity index (χ1) is 16.1. The highest BCUT2D eigenvalue weighted by molar-refractivity contribution is 6.05. The predicted octanol–water partition coefficient (Wildman–Crippen LogP) is 3.67. The Morgan fingerprint density at radius 3 is 2.64 bits per heavy atom. The molecular weight excluding hydrogens is 414 g/mol. The standard InChI is InChI=1S/C27H35N3O3/c31-25-17-16-24(26(32)29-25)30-19-23-20(12-10-15-22(23)27(30)33)11-6-3-1-2-4-9-18-28-21-13-7-5-8-14-21/h10,12,15,21,24,28H,1-5,7-9,13-14,16-19H2,(H,29,31,32). The Bertz CT molecular complexity index is 940. The number of unbranched alkanes of at least 4 members (excludes halogenated alkanes) is 4. The Morgan fingerprint density at radius 2 is 1.82 bits per heavy atom. The SMILES string of the molecule is O=C1CCC(N2Cc3c(C#CCCCCCCNC4CCCCC4)cccc3C2=O)C(=O)N1. The number of fused-ring (bicyclic) bond motifs is 1.